The lowest BCUT2D eigenvalue weighted by atomic mass is 10.2. The molecular formula is C15H12Br2N2O. The number of hydrogen-bond donors (Lipinski definition) is 0. The number of pyridine rings is 1. The molecule has 0 aliphatic heterocycles. The molecule has 3 aromatic rings. The largest absolute Gasteiger partial charge is 0.486 e. The van der Waals surface area contributed by atoms with E-state index in [0.717, 1.165) is 32.5 Å². The Balaban J connectivity index is 1.82. The van der Waals surface area contributed by atoms with Crippen molar-refractivity contribution in [3.63, 3.8) is 0 Å². The number of fused-ring (bicyclic) bond motifs is 1. The lowest BCUT2D eigenvalue weighted by Gasteiger charge is -2.10. The van der Waals surface area contributed by atoms with Crippen molar-refractivity contribution in [2.45, 2.75) is 11.9 Å². The Morgan fingerprint density at radius 3 is 2.85 bits per heavy atom. The van der Waals surface area contributed by atoms with Crippen LogP contribution in [-0.2, 0) is 11.9 Å². The van der Waals surface area contributed by atoms with E-state index in [-0.39, 0.29) is 0 Å². The first kappa shape index (κ1) is 13.6. The summed E-state index contributed by atoms with van der Waals surface area (Å²) in [5.41, 5.74) is 2.95. The van der Waals surface area contributed by atoms with Crippen LogP contribution >= 0.6 is 31.9 Å². The van der Waals surface area contributed by atoms with E-state index in [4.69, 9.17) is 4.74 Å². The van der Waals surface area contributed by atoms with Crippen molar-refractivity contribution in [2.24, 2.45) is 0 Å². The fourth-order valence-electron chi connectivity index (χ4n) is 2.02. The van der Waals surface area contributed by atoms with Gasteiger partial charge in [0.15, 0.2) is 0 Å². The molecule has 0 aliphatic carbocycles. The average molecular weight is 396 g/mol. The molecule has 20 heavy (non-hydrogen) atoms. The molecule has 0 radical (unpaired) electrons. The Bertz CT molecular complexity index is 707. The summed E-state index contributed by atoms with van der Waals surface area (Å²) in [7, 11) is 0. The normalized spacial score (nSPS) is 10.9. The van der Waals surface area contributed by atoms with Gasteiger partial charge in [0, 0.05) is 23.3 Å². The molecule has 2 heterocycles. The van der Waals surface area contributed by atoms with Gasteiger partial charge in [-0.1, -0.05) is 34.1 Å². The summed E-state index contributed by atoms with van der Waals surface area (Å²) in [6.45, 7) is 0.449. The Labute approximate surface area is 133 Å². The smallest absolute Gasteiger partial charge is 0.138 e. The topological polar surface area (TPSA) is 26.5 Å². The zero-order valence-electron chi connectivity index (χ0n) is 10.6. The summed E-state index contributed by atoms with van der Waals surface area (Å²) >= 11 is 7.00. The number of imidazole rings is 1. The minimum absolute atomic E-state index is 0.449. The quantitative estimate of drug-likeness (QED) is 0.605. The van der Waals surface area contributed by atoms with Gasteiger partial charge >= 0.3 is 0 Å². The number of alkyl halides is 1. The Morgan fingerprint density at radius 1 is 1.15 bits per heavy atom. The van der Waals surface area contributed by atoms with Gasteiger partial charge < -0.3 is 9.14 Å². The first-order chi connectivity index (χ1) is 9.78. The van der Waals surface area contributed by atoms with Crippen LogP contribution in [0.4, 0.5) is 0 Å². The first-order valence-electron chi connectivity index (χ1n) is 6.16. The lowest BCUT2D eigenvalue weighted by Crippen LogP contribution is -1.99. The highest BCUT2D eigenvalue weighted by Crippen LogP contribution is 2.31. The van der Waals surface area contributed by atoms with Gasteiger partial charge in [0.1, 0.15) is 18.0 Å². The monoisotopic (exact) mass is 394 g/mol. The van der Waals surface area contributed by atoms with Crippen LogP contribution in [0.5, 0.6) is 5.75 Å². The van der Waals surface area contributed by atoms with Gasteiger partial charge in [-0.25, -0.2) is 4.98 Å². The van der Waals surface area contributed by atoms with Crippen LogP contribution in [0.2, 0.25) is 0 Å². The minimum Gasteiger partial charge on any atom is -0.486 e. The van der Waals surface area contributed by atoms with Crippen molar-refractivity contribution < 1.29 is 4.74 Å². The van der Waals surface area contributed by atoms with Gasteiger partial charge in [0.25, 0.3) is 0 Å². The second-order valence-corrected chi connectivity index (χ2v) is 5.76. The molecule has 0 atom stereocenters. The van der Waals surface area contributed by atoms with E-state index in [1.165, 1.54) is 0 Å². The third-order valence-corrected chi connectivity index (χ3v) is 4.20. The van der Waals surface area contributed by atoms with E-state index in [9.17, 15) is 0 Å². The van der Waals surface area contributed by atoms with Crippen LogP contribution in [-0.4, -0.2) is 9.38 Å². The molecule has 0 N–H and O–H groups in total. The molecule has 0 amide bonds. The van der Waals surface area contributed by atoms with Crippen LogP contribution in [0, 0.1) is 0 Å². The molecule has 0 bridgehead atoms. The predicted molar refractivity (Wildman–Crippen MR) is 86.3 cm³/mol. The average Bonchev–Trinajstić information content (AvgIpc) is 2.88. The number of aromatic nitrogens is 2. The molecule has 0 aliphatic rings. The summed E-state index contributed by atoms with van der Waals surface area (Å²) in [4.78, 5) is 4.52. The summed E-state index contributed by atoms with van der Waals surface area (Å²) in [6.07, 6.45) is 3.97. The number of nitrogens with zero attached hydrogens (tertiary/aromatic N) is 2. The second kappa shape index (κ2) is 5.97. The van der Waals surface area contributed by atoms with Gasteiger partial charge in [-0.2, -0.15) is 0 Å². The molecule has 102 valence electrons. The molecule has 0 fully saturated rings. The first-order valence-corrected chi connectivity index (χ1v) is 8.08. The molecule has 2 aromatic heterocycles. The SMILES string of the molecule is BrCc1cccc(Br)c1OCc1cn2ccccc2n1. The van der Waals surface area contributed by atoms with E-state index >= 15 is 0 Å². The van der Waals surface area contributed by atoms with Crippen molar-refractivity contribution in [3.8, 4) is 5.75 Å². The van der Waals surface area contributed by atoms with Crippen molar-refractivity contribution in [2.75, 3.05) is 0 Å². The Morgan fingerprint density at radius 2 is 2.05 bits per heavy atom. The lowest BCUT2D eigenvalue weighted by molar-refractivity contribution is 0.298. The molecular weight excluding hydrogens is 384 g/mol. The van der Waals surface area contributed by atoms with E-state index in [1.54, 1.807) is 0 Å². The minimum atomic E-state index is 0.449. The standard InChI is InChI=1S/C15H12Br2N2O/c16-8-11-4-3-5-13(17)15(11)20-10-12-9-19-7-2-1-6-14(19)18-12/h1-7,9H,8,10H2. The van der Waals surface area contributed by atoms with Crippen molar-refractivity contribution in [1.29, 1.82) is 0 Å². The zero-order valence-corrected chi connectivity index (χ0v) is 13.8. The molecule has 0 unspecified atom stereocenters. The maximum atomic E-state index is 5.92. The molecule has 0 spiro atoms. The second-order valence-electron chi connectivity index (χ2n) is 4.35. The molecule has 3 rings (SSSR count). The van der Waals surface area contributed by atoms with Gasteiger partial charge in [-0.3, -0.25) is 0 Å². The third kappa shape index (κ3) is 2.74. The number of benzene rings is 1. The highest BCUT2D eigenvalue weighted by atomic mass is 79.9. The van der Waals surface area contributed by atoms with Crippen molar-refractivity contribution >= 4 is 37.5 Å². The molecule has 3 nitrogen and oxygen atoms in total. The number of hydrogen-bond acceptors (Lipinski definition) is 2. The van der Waals surface area contributed by atoms with Gasteiger partial charge in [-0.05, 0) is 34.1 Å². The third-order valence-electron chi connectivity index (χ3n) is 2.97. The number of halogens is 2. The summed E-state index contributed by atoms with van der Waals surface area (Å²) in [6, 6.07) is 12.0. The van der Waals surface area contributed by atoms with Gasteiger partial charge in [0.05, 0.1) is 10.2 Å². The van der Waals surface area contributed by atoms with Crippen LogP contribution in [0.15, 0.2) is 53.3 Å². The Hall–Kier alpha value is -1.33. The summed E-state index contributed by atoms with van der Waals surface area (Å²) < 4.78 is 8.87. The summed E-state index contributed by atoms with van der Waals surface area (Å²) in [5, 5.41) is 0.757. The fraction of sp³-hybridized carbons (Fsp3) is 0.133. The van der Waals surface area contributed by atoms with Crippen molar-refractivity contribution in [1.82, 2.24) is 9.38 Å². The van der Waals surface area contributed by atoms with E-state index in [0.29, 0.717) is 6.61 Å². The number of para-hydroxylation sites is 1. The van der Waals surface area contributed by atoms with Gasteiger partial charge in [-0.15, -0.1) is 0 Å². The van der Waals surface area contributed by atoms with Gasteiger partial charge in [0.2, 0.25) is 0 Å². The fourth-order valence-corrected chi connectivity index (χ4v) is 2.99. The maximum absolute atomic E-state index is 5.92. The van der Waals surface area contributed by atoms with Crippen LogP contribution in [0.3, 0.4) is 0 Å². The molecule has 0 saturated carbocycles. The van der Waals surface area contributed by atoms with Crippen molar-refractivity contribution in [3.05, 3.63) is 64.5 Å². The van der Waals surface area contributed by atoms with E-state index in [1.807, 2.05) is 53.2 Å². The van der Waals surface area contributed by atoms with E-state index in [2.05, 4.69) is 36.8 Å². The molecule has 0 saturated heterocycles. The molecule has 1 aromatic carbocycles. The van der Waals surface area contributed by atoms with Crippen LogP contribution in [0.25, 0.3) is 5.65 Å². The maximum Gasteiger partial charge on any atom is 0.138 e. The molecule has 5 heteroatoms. The predicted octanol–water partition coefficient (Wildman–Crippen LogP) is 4.57. The number of ether oxygens (including phenoxy) is 1. The zero-order chi connectivity index (χ0) is 13.9. The van der Waals surface area contributed by atoms with E-state index < -0.39 is 0 Å². The number of rotatable bonds is 4. The Kier molecular flexibility index (Phi) is 4.08. The summed E-state index contributed by atoms with van der Waals surface area (Å²) in [5.74, 6) is 0.862. The van der Waals surface area contributed by atoms with Crippen LogP contribution < -0.4 is 4.74 Å². The van der Waals surface area contributed by atoms with Crippen LogP contribution in [0.1, 0.15) is 11.3 Å². The highest BCUT2D eigenvalue weighted by molar-refractivity contribution is 9.10. The highest BCUT2D eigenvalue weighted by Gasteiger charge is 2.08.